The van der Waals surface area contributed by atoms with Gasteiger partial charge in [0.2, 0.25) is 0 Å². The number of pyridine rings is 8. The number of aromatic amines is 3. The summed E-state index contributed by atoms with van der Waals surface area (Å²) in [6.07, 6.45) is 28.4. The maximum Gasteiger partial charge on any atom is 0.420 e. The summed E-state index contributed by atoms with van der Waals surface area (Å²) in [5.41, 5.74) is 7.55. The fourth-order valence-corrected chi connectivity index (χ4v) is 13.5. The van der Waals surface area contributed by atoms with Crippen molar-refractivity contribution in [1.82, 2.24) is 59.4 Å². The van der Waals surface area contributed by atoms with Crippen LogP contribution in [0.2, 0.25) is 0 Å². The number of phenols is 1. The molecule has 0 radical (unpaired) electrons. The third-order valence-corrected chi connectivity index (χ3v) is 20.0. The number of phenolic OH excluding ortho intramolecular Hbond substituents is 1. The lowest BCUT2D eigenvalue weighted by Crippen LogP contribution is -2.27. The maximum absolute atomic E-state index is 14.6. The molecule has 0 unspecified atom stereocenters. The monoisotopic (exact) mass is 1860 g/mol. The highest BCUT2D eigenvalue weighted by Gasteiger charge is 2.29. The fraction of sp³-hybridized carbons (Fsp3) is 0.0851. The van der Waals surface area contributed by atoms with E-state index in [0.29, 0.717) is 78.2 Å². The Morgan fingerprint density at radius 2 is 0.787 bits per heavy atom. The molecular formula is C94H68Br2ClF5N13O12+. The van der Waals surface area contributed by atoms with E-state index in [9.17, 15) is 55.8 Å². The van der Waals surface area contributed by atoms with Crippen LogP contribution in [-0.2, 0) is 4.74 Å². The van der Waals surface area contributed by atoms with E-state index < -0.39 is 69.2 Å². The number of methoxy groups -OCH3 is 4. The summed E-state index contributed by atoms with van der Waals surface area (Å²) >= 11 is 11.7. The van der Waals surface area contributed by atoms with Crippen LogP contribution in [0.4, 0.5) is 32.6 Å². The fourth-order valence-electron chi connectivity index (χ4n) is 12.7. The SMILES string of the molecule is Brc1cnc2c(c1)C=[C+]N2.COc1ccc(F)c(C(=O)Cl)c1.COc1ccc(F)c(C(=O)c2c[nH]c3ncc(-c4cccnc4)cc23)c1.COc1ccc(F)c(C(=O)c2c[nH]c3ncc(Br)cc23)c1.COc1ccc(F)c(C(=O)c2cn(C(=O)OC(C)(C)C)c3ncc(-c4cccnc4)cc23)c1.O=C(c1cc(O)ccc1F)c1c[nH]c2ncc(-c3cccnc3)cc12. The van der Waals surface area contributed by atoms with Gasteiger partial charge in [-0.2, -0.15) is 10.3 Å². The molecule has 17 aromatic rings. The van der Waals surface area contributed by atoms with Crippen LogP contribution in [0.3, 0.4) is 0 Å². The summed E-state index contributed by atoms with van der Waals surface area (Å²) in [6, 6.07) is 39.5. The van der Waals surface area contributed by atoms with Crippen molar-refractivity contribution < 1.29 is 79.5 Å². The lowest BCUT2D eigenvalue weighted by Gasteiger charge is -2.19. The Balaban J connectivity index is 0.000000135. The van der Waals surface area contributed by atoms with E-state index in [2.05, 4.69) is 98.2 Å². The van der Waals surface area contributed by atoms with Gasteiger partial charge in [0.15, 0.2) is 28.7 Å². The molecule has 636 valence electrons. The van der Waals surface area contributed by atoms with Crippen molar-refractivity contribution in [2.75, 3.05) is 33.8 Å². The minimum Gasteiger partial charge on any atom is -0.508 e. The van der Waals surface area contributed by atoms with Crippen LogP contribution in [-0.4, -0.2) is 133 Å². The lowest BCUT2D eigenvalue weighted by atomic mass is 10.0. The van der Waals surface area contributed by atoms with Crippen LogP contribution in [0.1, 0.15) is 100 Å². The zero-order valence-corrected chi connectivity index (χ0v) is 71.7. The van der Waals surface area contributed by atoms with Gasteiger partial charge in [-0.05, 0) is 198 Å². The second kappa shape index (κ2) is 39.9. The van der Waals surface area contributed by atoms with Gasteiger partial charge >= 0.3 is 6.09 Å². The predicted octanol–water partition coefficient (Wildman–Crippen LogP) is 20.9. The number of anilines is 1. The number of ether oxygens (including phenoxy) is 5. The van der Waals surface area contributed by atoms with Crippen LogP contribution in [0.15, 0.2) is 260 Å². The number of nitrogens with zero attached hydrogens (tertiary/aromatic N) is 9. The molecular weight excluding hydrogens is 1790 g/mol. The highest BCUT2D eigenvalue weighted by molar-refractivity contribution is 9.10. The molecule has 0 fully saturated rings. The highest BCUT2D eigenvalue weighted by Crippen LogP contribution is 2.35. The molecule has 13 heterocycles. The molecule has 1 aliphatic rings. The predicted molar refractivity (Wildman–Crippen MR) is 474 cm³/mol. The van der Waals surface area contributed by atoms with E-state index in [1.54, 1.807) is 113 Å². The van der Waals surface area contributed by atoms with Crippen LogP contribution in [0.25, 0.3) is 83.6 Å². The number of ketones is 4. The van der Waals surface area contributed by atoms with Crippen molar-refractivity contribution in [1.29, 1.82) is 0 Å². The number of carbonyl (C=O) groups is 6. The molecule has 12 aromatic heterocycles. The van der Waals surface area contributed by atoms with Gasteiger partial charge in [0.05, 0.1) is 72.5 Å². The molecule has 0 aliphatic carbocycles. The molecule has 0 atom stereocenters. The van der Waals surface area contributed by atoms with E-state index in [1.807, 2.05) is 54.6 Å². The Kier molecular flexibility index (Phi) is 28.1. The molecule has 0 amide bonds. The standard InChI is InChI=1S/C25H22FN3O4.C20H14FN3O2.C19H12FN3O2.C15H10BrFN2O2.C8H6ClFO2.C7H4BrN2/c1-25(2,3)33-24(31)29-14-20(22(30)19-11-17(32-4)7-8-21(19)26)18-10-16(13-28-23(18)29)15-6-5-9-27-12-15;1-26-14-4-5-18(21)16(8-14)19(25)17-11-24-20-15(17)7-13(10-23-20)12-3-2-6-22-9-12;20-17-4-3-13(24)7-15(17)18(25)16-10-23-19-14(16)6-12(9-22-19)11-2-1-5-21-8-11;1-21-9-2-3-13(17)11(5-9)14(20)12-7-19-15-10(12)4-8(16)6-18-15;1-12-5-2-3-7(10)6(4-5)8(9)11;8-6-3-5-1-2-9-7(5)10-4-6/h5-14H,1-4H3;2-11H,1H3,(H,23,24);1-10,24H,(H,22,23);2-7H,1H3,(H,18,19);2-4H,1H3;1,3-4H,(H,9,10)/q;;;;;+1. The Hall–Kier alpha value is -15.4. The highest BCUT2D eigenvalue weighted by atomic mass is 79.9. The average Bonchev–Trinajstić information content (AvgIpc) is 1.62. The second-order valence-electron chi connectivity index (χ2n) is 28.3. The molecule has 33 heteroatoms. The minimum atomic E-state index is -0.827. The summed E-state index contributed by atoms with van der Waals surface area (Å²) in [6.45, 7) is 5.21. The first-order valence-electron chi connectivity index (χ1n) is 37.8. The van der Waals surface area contributed by atoms with Gasteiger partial charge in [0, 0.05) is 169 Å². The lowest BCUT2D eigenvalue weighted by molar-refractivity contribution is 0.0542. The van der Waals surface area contributed by atoms with E-state index >= 15 is 0 Å². The number of aromatic nitrogens is 12. The molecule has 0 bridgehead atoms. The molecule has 0 saturated carbocycles. The Bertz CT molecular complexity index is 7060. The van der Waals surface area contributed by atoms with Gasteiger partial charge < -0.3 is 43.7 Å². The third kappa shape index (κ3) is 21.1. The first-order chi connectivity index (χ1) is 61.1. The second-order valence-corrected chi connectivity index (χ2v) is 30.4. The minimum absolute atomic E-state index is 0.0322. The smallest absolute Gasteiger partial charge is 0.420 e. The normalized spacial score (nSPS) is 11.0. The topological polar surface area (TPSA) is 336 Å². The number of hydrogen-bond donors (Lipinski definition) is 5. The number of nitrogens with one attached hydrogen (secondary N) is 4. The van der Waals surface area contributed by atoms with E-state index in [1.165, 1.54) is 124 Å². The van der Waals surface area contributed by atoms with Gasteiger partial charge in [-0.25, -0.2) is 51.2 Å². The molecule has 25 nitrogen and oxygen atoms in total. The largest absolute Gasteiger partial charge is 0.508 e. The molecule has 0 spiro atoms. The number of halogens is 8. The number of hydrogen-bond acceptors (Lipinski definition) is 21. The van der Waals surface area contributed by atoms with Crippen molar-refractivity contribution in [3.05, 3.63) is 351 Å². The number of carbonyl (C=O) groups excluding carboxylic acids is 6. The van der Waals surface area contributed by atoms with E-state index in [-0.39, 0.29) is 50.3 Å². The number of aromatic hydroxyl groups is 1. The van der Waals surface area contributed by atoms with Gasteiger partial charge in [-0.1, -0.05) is 18.2 Å². The zero-order chi connectivity index (χ0) is 90.3. The summed E-state index contributed by atoms with van der Waals surface area (Å²) in [7, 11) is 5.79. The number of rotatable bonds is 16. The summed E-state index contributed by atoms with van der Waals surface area (Å²) < 4.78 is 97.9. The Morgan fingerprint density at radius 1 is 0.417 bits per heavy atom. The number of fused-ring (bicyclic) bond motifs is 5. The first-order valence-corrected chi connectivity index (χ1v) is 39.8. The van der Waals surface area contributed by atoms with Gasteiger partial charge in [-0.3, -0.25) is 38.9 Å². The van der Waals surface area contributed by atoms with Crippen LogP contribution >= 0.6 is 43.5 Å². The van der Waals surface area contributed by atoms with Crippen LogP contribution in [0.5, 0.6) is 28.7 Å². The van der Waals surface area contributed by atoms with Crippen molar-refractivity contribution in [2.45, 2.75) is 26.4 Å². The quantitative estimate of drug-likeness (QED) is 0.0260. The molecule has 18 rings (SSSR count). The molecule has 127 heavy (non-hydrogen) atoms. The average molecular weight is 1860 g/mol. The Morgan fingerprint density at radius 3 is 1.20 bits per heavy atom. The van der Waals surface area contributed by atoms with Crippen molar-refractivity contribution in [2.24, 2.45) is 0 Å². The van der Waals surface area contributed by atoms with E-state index in [0.717, 1.165) is 66.3 Å². The van der Waals surface area contributed by atoms with Gasteiger partial charge in [0.25, 0.3) is 11.1 Å². The zero-order valence-electron chi connectivity index (χ0n) is 67.7. The van der Waals surface area contributed by atoms with Gasteiger partial charge in [-0.15, -0.1) is 0 Å². The molecule has 5 aromatic carbocycles. The first kappa shape index (κ1) is 89.4. The molecule has 1 aliphatic heterocycles. The third-order valence-electron chi connectivity index (χ3n) is 18.9. The summed E-state index contributed by atoms with van der Waals surface area (Å²) in [5.74, 6) is -2.89. The van der Waals surface area contributed by atoms with Crippen molar-refractivity contribution in [3.63, 3.8) is 0 Å². The molecule has 5 N–H and O–H groups in total. The van der Waals surface area contributed by atoms with Crippen molar-refractivity contribution >= 4 is 134 Å². The van der Waals surface area contributed by atoms with Crippen molar-refractivity contribution in [3.8, 4) is 62.1 Å². The van der Waals surface area contributed by atoms with Crippen LogP contribution < -0.4 is 24.3 Å². The maximum atomic E-state index is 14.6. The van der Waals surface area contributed by atoms with Crippen LogP contribution in [0, 0.1) is 35.3 Å². The number of benzene rings is 5. The molecule has 0 saturated heterocycles. The Labute approximate surface area is 741 Å². The van der Waals surface area contributed by atoms with E-state index in [4.69, 9.17) is 35.3 Å². The summed E-state index contributed by atoms with van der Waals surface area (Å²) in [5, 5.41) is 13.8. The number of H-pyrrole nitrogens is 3. The summed E-state index contributed by atoms with van der Waals surface area (Å²) in [4.78, 5) is 118. The van der Waals surface area contributed by atoms with Gasteiger partial charge in [0.1, 0.15) is 98.3 Å².